The first-order chi connectivity index (χ1) is 7.77. The lowest BCUT2D eigenvalue weighted by Crippen LogP contribution is -1.87. The van der Waals surface area contributed by atoms with Gasteiger partial charge in [-0.15, -0.1) is 12.4 Å². The van der Waals surface area contributed by atoms with Crippen molar-refractivity contribution >= 4 is 24.5 Å². The second-order valence-corrected chi connectivity index (χ2v) is 3.20. The number of aliphatic carboxylic acids is 1. The van der Waals surface area contributed by atoms with Gasteiger partial charge in [-0.05, 0) is 6.08 Å². The van der Waals surface area contributed by atoms with E-state index in [4.69, 9.17) is 5.11 Å². The maximum absolute atomic E-state index is 10.4. The molecule has 1 heterocycles. The minimum Gasteiger partial charge on any atom is -0.478 e. The molecule has 0 atom stereocenters. The van der Waals surface area contributed by atoms with E-state index in [1.807, 2.05) is 30.3 Å². The fourth-order valence-corrected chi connectivity index (χ4v) is 1.41. The van der Waals surface area contributed by atoms with Crippen LogP contribution in [0.2, 0.25) is 0 Å². The summed E-state index contributed by atoms with van der Waals surface area (Å²) in [4.78, 5) is 17.5. The van der Waals surface area contributed by atoms with Gasteiger partial charge >= 0.3 is 5.97 Å². The highest BCUT2D eigenvalue weighted by molar-refractivity contribution is 5.86. The van der Waals surface area contributed by atoms with Gasteiger partial charge in [0.2, 0.25) is 0 Å². The van der Waals surface area contributed by atoms with E-state index in [2.05, 4.69) is 9.97 Å². The number of nitrogens with one attached hydrogen (secondary N) is 1. The summed E-state index contributed by atoms with van der Waals surface area (Å²) in [6.45, 7) is 0. The monoisotopic (exact) mass is 250 g/mol. The van der Waals surface area contributed by atoms with Crippen molar-refractivity contribution in [2.45, 2.75) is 0 Å². The summed E-state index contributed by atoms with van der Waals surface area (Å²) in [6, 6.07) is 9.59. The van der Waals surface area contributed by atoms with Gasteiger partial charge in [0.25, 0.3) is 0 Å². The van der Waals surface area contributed by atoms with Crippen molar-refractivity contribution in [2.75, 3.05) is 0 Å². The van der Waals surface area contributed by atoms with Gasteiger partial charge < -0.3 is 10.1 Å². The molecule has 0 spiro atoms. The van der Waals surface area contributed by atoms with Crippen LogP contribution in [0.4, 0.5) is 0 Å². The van der Waals surface area contributed by atoms with Crippen LogP contribution in [0.5, 0.6) is 0 Å². The summed E-state index contributed by atoms with van der Waals surface area (Å²) >= 11 is 0. The predicted molar refractivity (Wildman–Crippen MR) is 67.9 cm³/mol. The molecule has 17 heavy (non-hydrogen) atoms. The number of imidazole rings is 1. The first-order valence-corrected chi connectivity index (χ1v) is 4.77. The smallest absolute Gasteiger partial charge is 0.328 e. The van der Waals surface area contributed by atoms with Crippen molar-refractivity contribution in [3.8, 4) is 11.3 Å². The van der Waals surface area contributed by atoms with Crippen LogP contribution in [-0.2, 0) is 4.79 Å². The lowest BCUT2D eigenvalue weighted by Gasteiger charge is -1.97. The zero-order valence-electron chi connectivity index (χ0n) is 8.83. The Bertz CT molecular complexity index is 520. The average molecular weight is 251 g/mol. The molecule has 2 rings (SSSR count). The number of aromatic amines is 1. The zero-order valence-corrected chi connectivity index (χ0v) is 9.65. The highest BCUT2D eigenvalue weighted by Crippen LogP contribution is 2.20. The highest BCUT2D eigenvalue weighted by atomic mass is 35.5. The molecule has 0 aliphatic carbocycles. The van der Waals surface area contributed by atoms with E-state index >= 15 is 0 Å². The zero-order chi connectivity index (χ0) is 11.4. The fourth-order valence-electron chi connectivity index (χ4n) is 1.41. The maximum Gasteiger partial charge on any atom is 0.328 e. The van der Waals surface area contributed by atoms with Gasteiger partial charge in [-0.25, -0.2) is 9.78 Å². The number of H-pyrrole nitrogens is 1. The molecule has 0 bridgehead atoms. The Morgan fingerprint density at radius 1 is 1.29 bits per heavy atom. The third-order valence-corrected chi connectivity index (χ3v) is 2.11. The summed E-state index contributed by atoms with van der Waals surface area (Å²) in [6.07, 6.45) is 4.13. The third-order valence-electron chi connectivity index (χ3n) is 2.11. The number of hydrogen-bond acceptors (Lipinski definition) is 2. The molecule has 0 unspecified atom stereocenters. The Hall–Kier alpha value is -2.07. The molecule has 0 fully saturated rings. The molecule has 5 heteroatoms. The third kappa shape index (κ3) is 3.19. The second kappa shape index (κ2) is 5.86. The normalized spacial score (nSPS) is 10.1. The molecular formula is C12H11ClN2O2. The van der Waals surface area contributed by atoms with Crippen molar-refractivity contribution in [1.29, 1.82) is 0 Å². The van der Waals surface area contributed by atoms with Crippen LogP contribution in [0.1, 0.15) is 5.69 Å². The SMILES string of the molecule is Cl.O=C(O)/C=C/c1[nH]cnc1-c1ccccc1. The van der Waals surface area contributed by atoms with Crippen molar-refractivity contribution in [2.24, 2.45) is 0 Å². The fraction of sp³-hybridized carbons (Fsp3) is 0. The summed E-state index contributed by atoms with van der Waals surface area (Å²) < 4.78 is 0. The van der Waals surface area contributed by atoms with Gasteiger partial charge in [-0.3, -0.25) is 0 Å². The Kier molecular flexibility index (Phi) is 4.48. The van der Waals surface area contributed by atoms with E-state index in [1.165, 1.54) is 6.08 Å². The van der Waals surface area contributed by atoms with Crippen molar-refractivity contribution in [1.82, 2.24) is 9.97 Å². The quantitative estimate of drug-likeness (QED) is 0.823. The summed E-state index contributed by atoms with van der Waals surface area (Å²) in [7, 11) is 0. The van der Waals surface area contributed by atoms with E-state index in [0.29, 0.717) is 5.69 Å². The van der Waals surface area contributed by atoms with Crippen LogP contribution in [0.15, 0.2) is 42.7 Å². The summed E-state index contributed by atoms with van der Waals surface area (Å²) in [5.41, 5.74) is 2.39. The first-order valence-electron chi connectivity index (χ1n) is 4.77. The van der Waals surface area contributed by atoms with Crippen molar-refractivity contribution < 1.29 is 9.90 Å². The molecule has 2 N–H and O–H groups in total. The summed E-state index contributed by atoms with van der Waals surface area (Å²) in [5, 5.41) is 8.55. The highest BCUT2D eigenvalue weighted by Gasteiger charge is 2.04. The van der Waals surface area contributed by atoms with Crippen molar-refractivity contribution in [3.63, 3.8) is 0 Å². The maximum atomic E-state index is 10.4. The van der Waals surface area contributed by atoms with Gasteiger partial charge in [0.15, 0.2) is 0 Å². The molecule has 4 nitrogen and oxygen atoms in total. The van der Waals surface area contributed by atoms with E-state index in [9.17, 15) is 4.79 Å². The van der Waals surface area contributed by atoms with Crippen LogP contribution in [0.3, 0.4) is 0 Å². The van der Waals surface area contributed by atoms with Gasteiger partial charge in [0.1, 0.15) is 0 Å². The molecule has 0 saturated carbocycles. The number of nitrogens with zero attached hydrogens (tertiary/aromatic N) is 1. The van der Waals surface area contributed by atoms with Crippen LogP contribution in [0.25, 0.3) is 17.3 Å². The molecular weight excluding hydrogens is 240 g/mol. The van der Waals surface area contributed by atoms with Crippen molar-refractivity contribution in [3.05, 3.63) is 48.4 Å². The molecule has 0 amide bonds. The number of carboxylic acids is 1. The molecule has 88 valence electrons. The molecule has 0 aliphatic rings. The number of rotatable bonds is 3. The van der Waals surface area contributed by atoms with Gasteiger partial charge in [-0.2, -0.15) is 0 Å². The second-order valence-electron chi connectivity index (χ2n) is 3.20. The Labute approximate surface area is 104 Å². The van der Waals surface area contributed by atoms with E-state index in [1.54, 1.807) is 6.33 Å². The molecule has 2 aromatic rings. The topological polar surface area (TPSA) is 66.0 Å². The predicted octanol–water partition coefficient (Wildman–Crippen LogP) is 2.60. The Balaban J connectivity index is 0.00000144. The molecule has 0 saturated heterocycles. The lowest BCUT2D eigenvalue weighted by molar-refractivity contribution is -0.131. The van der Waals surface area contributed by atoms with Crippen LogP contribution in [-0.4, -0.2) is 21.0 Å². The summed E-state index contributed by atoms with van der Waals surface area (Å²) in [5.74, 6) is -0.978. The van der Waals surface area contributed by atoms with Gasteiger partial charge in [0, 0.05) is 11.6 Å². The molecule has 0 radical (unpaired) electrons. The van der Waals surface area contributed by atoms with Gasteiger partial charge in [-0.1, -0.05) is 30.3 Å². The largest absolute Gasteiger partial charge is 0.478 e. The lowest BCUT2D eigenvalue weighted by atomic mass is 10.1. The number of halogens is 1. The van der Waals surface area contributed by atoms with E-state index in [0.717, 1.165) is 17.3 Å². The number of hydrogen-bond donors (Lipinski definition) is 2. The van der Waals surface area contributed by atoms with Crippen LogP contribution in [0, 0.1) is 0 Å². The van der Waals surface area contributed by atoms with Gasteiger partial charge in [0.05, 0.1) is 17.7 Å². The minimum atomic E-state index is -0.978. The number of carboxylic acid groups (broad SMARTS) is 1. The van der Waals surface area contributed by atoms with E-state index in [-0.39, 0.29) is 12.4 Å². The first kappa shape index (κ1) is 13.0. The average Bonchev–Trinajstić information content (AvgIpc) is 2.75. The Morgan fingerprint density at radius 2 is 2.00 bits per heavy atom. The molecule has 1 aromatic heterocycles. The Morgan fingerprint density at radius 3 is 2.65 bits per heavy atom. The number of benzene rings is 1. The van der Waals surface area contributed by atoms with Crippen LogP contribution >= 0.6 is 12.4 Å². The molecule has 0 aliphatic heterocycles. The number of aromatic nitrogens is 2. The van der Waals surface area contributed by atoms with Crippen LogP contribution < -0.4 is 0 Å². The molecule has 1 aromatic carbocycles. The number of carbonyl (C=O) groups is 1. The van der Waals surface area contributed by atoms with E-state index < -0.39 is 5.97 Å². The standard InChI is InChI=1S/C12H10N2O2.ClH/c15-11(16)7-6-10-12(14-8-13-10)9-4-2-1-3-5-9;/h1-8H,(H,13,14)(H,15,16);1H/b7-6+;. The minimum absolute atomic E-state index is 0.